The van der Waals surface area contributed by atoms with Crippen LogP contribution in [0.3, 0.4) is 0 Å². The van der Waals surface area contributed by atoms with Gasteiger partial charge in [-0.05, 0) is 43.7 Å². The van der Waals surface area contributed by atoms with Gasteiger partial charge in [0.05, 0.1) is 0 Å². The van der Waals surface area contributed by atoms with Crippen LogP contribution in [-0.2, 0) is 0 Å². The zero-order valence-corrected chi connectivity index (χ0v) is 13.6. The van der Waals surface area contributed by atoms with E-state index in [2.05, 4.69) is 65.1 Å². The third-order valence-electron chi connectivity index (χ3n) is 3.92. The summed E-state index contributed by atoms with van der Waals surface area (Å²) in [5.41, 5.74) is 4.27. The van der Waals surface area contributed by atoms with Crippen molar-refractivity contribution in [1.82, 2.24) is 5.32 Å². The molecular weight excluding hydrogens is 230 g/mol. The van der Waals surface area contributed by atoms with Crippen LogP contribution in [0.1, 0.15) is 56.7 Å². The Balaban J connectivity index is 2.83. The first-order valence-electron chi connectivity index (χ1n) is 7.73. The Morgan fingerprint density at radius 2 is 1.53 bits per heavy atom. The van der Waals surface area contributed by atoms with Gasteiger partial charge in [-0.1, -0.05) is 63.4 Å². The lowest BCUT2D eigenvalue weighted by Gasteiger charge is -2.25. The standard InChI is InChI=1S/C18H31N/c1-7-16(6)18(12-19-11-13(2)3)17-9-14(4)8-15(5)10-17/h8-10,13,16,18-19H,7,11-12H2,1-6H3. The van der Waals surface area contributed by atoms with E-state index in [9.17, 15) is 0 Å². The second-order valence-corrected chi connectivity index (χ2v) is 6.47. The summed E-state index contributed by atoms with van der Waals surface area (Å²) in [4.78, 5) is 0. The van der Waals surface area contributed by atoms with Crippen molar-refractivity contribution >= 4 is 0 Å². The van der Waals surface area contributed by atoms with Gasteiger partial charge in [0.25, 0.3) is 0 Å². The molecule has 0 bridgehead atoms. The van der Waals surface area contributed by atoms with Crippen LogP contribution in [0.2, 0.25) is 0 Å². The van der Waals surface area contributed by atoms with E-state index in [0.717, 1.165) is 24.9 Å². The molecule has 108 valence electrons. The Morgan fingerprint density at radius 3 is 2.00 bits per heavy atom. The molecule has 0 spiro atoms. The van der Waals surface area contributed by atoms with Crippen LogP contribution in [0.4, 0.5) is 0 Å². The summed E-state index contributed by atoms with van der Waals surface area (Å²) in [6.45, 7) is 15.8. The van der Waals surface area contributed by atoms with E-state index < -0.39 is 0 Å². The lowest BCUT2D eigenvalue weighted by Crippen LogP contribution is -2.28. The molecular formula is C18H31N. The van der Waals surface area contributed by atoms with Crippen molar-refractivity contribution in [2.75, 3.05) is 13.1 Å². The molecule has 1 N–H and O–H groups in total. The molecule has 0 fully saturated rings. The molecule has 0 aliphatic rings. The Labute approximate surface area is 119 Å². The van der Waals surface area contributed by atoms with Crippen LogP contribution in [0, 0.1) is 25.7 Å². The molecule has 2 unspecified atom stereocenters. The van der Waals surface area contributed by atoms with E-state index in [-0.39, 0.29) is 0 Å². The van der Waals surface area contributed by atoms with Crippen molar-refractivity contribution in [3.8, 4) is 0 Å². The molecule has 2 atom stereocenters. The Morgan fingerprint density at radius 1 is 0.947 bits per heavy atom. The molecule has 1 nitrogen and oxygen atoms in total. The number of rotatable bonds is 7. The first kappa shape index (κ1) is 16.2. The van der Waals surface area contributed by atoms with E-state index in [0.29, 0.717) is 5.92 Å². The third kappa shape index (κ3) is 5.36. The molecule has 0 aromatic heterocycles. The molecule has 0 radical (unpaired) electrons. The first-order chi connectivity index (χ1) is 8.93. The van der Waals surface area contributed by atoms with Crippen LogP contribution < -0.4 is 5.32 Å². The smallest absolute Gasteiger partial charge is 0.00228 e. The van der Waals surface area contributed by atoms with Gasteiger partial charge in [-0.25, -0.2) is 0 Å². The number of benzene rings is 1. The van der Waals surface area contributed by atoms with Gasteiger partial charge in [-0.2, -0.15) is 0 Å². The van der Waals surface area contributed by atoms with Gasteiger partial charge in [0.1, 0.15) is 0 Å². The summed E-state index contributed by atoms with van der Waals surface area (Å²) in [5, 5.41) is 3.64. The molecule has 1 aromatic rings. The largest absolute Gasteiger partial charge is 0.316 e. The fourth-order valence-corrected chi connectivity index (χ4v) is 2.68. The second kappa shape index (κ2) is 7.69. The fourth-order valence-electron chi connectivity index (χ4n) is 2.68. The van der Waals surface area contributed by atoms with Crippen LogP contribution in [0.5, 0.6) is 0 Å². The minimum atomic E-state index is 0.627. The molecule has 1 aromatic carbocycles. The Bertz CT molecular complexity index is 361. The Kier molecular flexibility index (Phi) is 6.57. The van der Waals surface area contributed by atoms with E-state index in [4.69, 9.17) is 0 Å². The van der Waals surface area contributed by atoms with Crippen LogP contribution in [-0.4, -0.2) is 13.1 Å². The zero-order valence-electron chi connectivity index (χ0n) is 13.6. The summed E-state index contributed by atoms with van der Waals surface area (Å²) in [7, 11) is 0. The summed E-state index contributed by atoms with van der Waals surface area (Å²) >= 11 is 0. The molecule has 19 heavy (non-hydrogen) atoms. The summed E-state index contributed by atoms with van der Waals surface area (Å²) in [6, 6.07) is 6.99. The highest BCUT2D eigenvalue weighted by Crippen LogP contribution is 2.28. The average molecular weight is 261 g/mol. The molecule has 0 saturated carbocycles. The van der Waals surface area contributed by atoms with Crippen molar-refractivity contribution in [1.29, 1.82) is 0 Å². The van der Waals surface area contributed by atoms with Gasteiger partial charge in [0.2, 0.25) is 0 Å². The van der Waals surface area contributed by atoms with Crippen molar-refractivity contribution in [3.05, 3.63) is 34.9 Å². The van der Waals surface area contributed by atoms with Gasteiger partial charge < -0.3 is 5.32 Å². The quantitative estimate of drug-likeness (QED) is 0.751. The predicted octanol–water partition coefficient (Wildman–Crippen LogP) is 4.68. The summed E-state index contributed by atoms with van der Waals surface area (Å²) < 4.78 is 0. The topological polar surface area (TPSA) is 12.0 Å². The van der Waals surface area contributed by atoms with E-state index in [1.54, 1.807) is 0 Å². The first-order valence-corrected chi connectivity index (χ1v) is 7.73. The zero-order chi connectivity index (χ0) is 14.4. The van der Waals surface area contributed by atoms with Crippen LogP contribution in [0.25, 0.3) is 0 Å². The van der Waals surface area contributed by atoms with Gasteiger partial charge >= 0.3 is 0 Å². The maximum absolute atomic E-state index is 3.64. The SMILES string of the molecule is CCC(C)C(CNCC(C)C)c1cc(C)cc(C)c1. The van der Waals surface area contributed by atoms with E-state index >= 15 is 0 Å². The summed E-state index contributed by atoms with van der Waals surface area (Å²) in [6.07, 6.45) is 1.24. The van der Waals surface area contributed by atoms with Crippen molar-refractivity contribution in [2.24, 2.45) is 11.8 Å². The molecule has 0 aliphatic heterocycles. The van der Waals surface area contributed by atoms with Gasteiger partial charge in [0, 0.05) is 6.54 Å². The number of hydrogen-bond acceptors (Lipinski definition) is 1. The molecule has 0 heterocycles. The highest BCUT2D eigenvalue weighted by Gasteiger charge is 2.18. The molecule has 1 heteroatoms. The van der Waals surface area contributed by atoms with Crippen molar-refractivity contribution in [3.63, 3.8) is 0 Å². The highest BCUT2D eigenvalue weighted by molar-refractivity contribution is 5.31. The number of aryl methyl sites for hydroxylation is 2. The molecule has 0 aliphatic carbocycles. The van der Waals surface area contributed by atoms with Crippen molar-refractivity contribution < 1.29 is 0 Å². The monoisotopic (exact) mass is 261 g/mol. The minimum absolute atomic E-state index is 0.627. The maximum Gasteiger partial charge on any atom is 0.00228 e. The summed E-state index contributed by atoms with van der Waals surface area (Å²) in [5.74, 6) is 2.07. The fraction of sp³-hybridized carbons (Fsp3) is 0.667. The maximum atomic E-state index is 3.64. The van der Waals surface area contributed by atoms with Crippen LogP contribution in [0.15, 0.2) is 18.2 Å². The Hall–Kier alpha value is -0.820. The molecule has 0 saturated heterocycles. The number of hydrogen-bond donors (Lipinski definition) is 1. The lowest BCUT2D eigenvalue weighted by atomic mass is 9.84. The van der Waals surface area contributed by atoms with Gasteiger partial charge in [-0.3, -0.25) is 0 Å². The lowest BCUT2D eigenvalue weighted by molar-refractivity contribution is 0.409. The minimum Gasteiger partial charge on any atom is -0.316 e. The third-order valence-corrected chi connectivity index (χ3v) is 3.92. The number of nitrogens with one attached hydrogen (secondary N) is 1. The highest BCUT2D eigenvalue weighted by atomic mass is 14.9. The van der Waals surface area contributed by atoms with Crippen molar-refractivity contribution in [2.45, 2.75) is 53.9 Å². The normalized spacial score (nSPS) is 14.7. The average Bonchev–Trinajstić information content (AvgIpc) is 2.32. The second-order valence-electron chi connectivity index (χ2n) is 6.47. The predicted molar refractivity (Wildman–Crippen MR) is 85.8 cm³/mol. The molecule has 1 rings (SSSR count). The van der Waals surface area contributed by atoms with E-state index in [1.807, 2.05) is 0 Å². The van der Waals surface area contributed by atoms with E-state index in [1.165, 1.54) is 23.1 Å². The van der Waals surface area contributed by atoms with Gasteiger partial charge in [-0.15, -0.1) is 0 Å². The van der Waals surface area contributed by atoms with Gasteiger partial charge in [0.15, 0.2) is 0 Å². The van der Waals surface area contributed by atoms with Crippen LogP contribution >= 0.6 is 0 Å². The molecule has 0 amide bonds.